The summed E-state index contributed by atoms with van der Waals surface area (Å²) in [6.45, 7) is 5.60. The van der Waals surface area contributed by atoms with Crippen LogP contribution in [0.25, 0.3) is 22.3 Å². The Labute approximate surface area is 272 Å². The van der Waals surface area contributed by atoms with Crippen molar-refractivity contribution in [3.63, 3.8) is 0 Å². The molecule has 0 bridgehead atoms. The summed E-state index contributed by atoms with van der Waals surface area (Å²) in [6, 6.07) is 13.3. The number of amides is 1. The van der Waals surface area contributed by atoms with Gasteiger partial charge in [-0.25, -0.2) is 28.3 Å². The van der Waals surface area contributed by atoms with Gasteiger partial charge in [-0.3, -0.25) is 4.90 Å². The standard InChI is InChI=1S/C35H31F5N4O4/c1-18-9-24(12-25(10-18)35(38,39)40)30-21(4)44(33(47)48-30)15-29-28(14-41-32(42-29)43-16-34(36,37)17-43)27-13-22(6-5-19(27)2)26-8-7-23(31(45)46)11-20(26)3/h5-14,21,30H,15-17H2,1-4H3,(H,45,46)/t21-,30-/m0/s1. The normalized spacial score (nSPS) is 18.9. The predicted octanol–water partition coefficient (Wildman–Crippen LogP) is 7.99. The van der Waals surface area contributed by atoms with Gasteiger partial charge in [-0.05, 0) is 91.4 Å². The van der Waals surface area contributed by atoms with E-state index in [4.69, 9.17) is 4.74 Å². The first-order chi connectivity index (χ1) is 22.5. The summed E-state index contributed by atoms with van der Waals surface area (Å²) in [7, 11) is 0. The molecular weight excluding hydrogens is 635 g/mol. The van der Waals surface area contributed by atoms with E-state index in [0.717, 1.165) is 34.4 Å². The molecule has 0 saturated carbocycles. The number of hydrogen-bond donors (Lipinski definition) is 1. The Hall–Kier alpha value is -5.07. The highest BCUT2D eigenvalue weighted by atomic mass is 19.4. The Bertz CT molecular complexity index is 1940. The number of carboxylic acid groups (broad SMARTS) is 1. The number of ether oxygens (including phenoxy) is 1. The minimum Gasteiger partial charge on any atom is -0.478 e. The number of benzene rings is 3. The van der Waals surface area contributed by atoms with Crippen molar-refractivity contribution in [3.8, 4) is 22.3 Å². The molecule has 3 aromatic carbocycles. The van der Waals surface area contributed by atoms with Crippen LogP contribution in [0, 0.1) is 20.8 Å². The molecule has 0 unspecified atom stereocenters. The second kappa shape index (κ2) is 11.9. The van der Waals surface area contributed by atoms with Crippen LogP contribution in [0.1, 0.15) is 56.9 Å². The fourth-order valence-corrected chi connectivity index (χ4v) is 6.22. The van der Waals surface area contributed by atoms with Crippen molar-refractivity contribution >= 4 is 18.0 Å². The number of aromatic carboxylic acids is 1. The molecule has 6 rings (SSSR count). The average molecular weight is 667 g/mol. The Morgan fingerprint density at radius 2 is 1.71 bits per heavy atom. The topological polar surface area (TPSA) is 95.9 Å². The van der Waals surface area contributed by atoms with Gasteiger partial charge in [0.1, 0.15) is 6.10 Å². The van der Waals surface area contributed by atoms with Crippen LogP contribution in [-0.2, 0) is 17.5 Å². The van der Waals surface area contributed by atoms with E-state index in [1.165, 1.54) is 29.0 Å². The van der Waals surface area contributed by atoms with Crippen LogP contribution in [0.15, 0.2) is 60.8 Å². The Balaban J connectivity index is 1.39. The first-order valence-corrected chi connectivity index (χ1v) is 15.1. The number of rotatable bonds is 7. The van der Waals surface area contributed by atoms with Gasteiger partial charge in [0.2, 0.25) is 5.95 Å². The molecule has 3 heterocycles. The second-order valence-electron chi connectivity index (χ2n) is 12.4. The lowest BCUT2D eigenvalue weighted by atomic mass is 9.92. The Morgan fingerprint density at radius 1 is 0.979 bits per heavy atom. The van der Waals surface area contributed by atoms with E-state index in [0.29, 0.717) is 22.4 Å². The minimum atomic E-state index is -4.59. The van der Waals surface area contributed by atoms with Gasteiger partial charge in [0, 0.05) is 11.8 Å². The van der Waals surface area contributed by atoms with E-state index >= 15 is 0 Å². The zero-order chi connectivity index (χ0) is 34.7. The molecule has 8 nitrogen and oxygen atoms in total. The number of nitrogens with zero attached hydrogens (tertiary/aromatic N) is 4. The highest BCUT2D eigenvalue weighted by molar-refractivity contribution is 5.89. The average Bonchev–Trinajstić information content (AvgIpc) is 3.28. The number of aryl methyl sites for hydroxylation is 3. The Kier molecular flexibility index (Phi) is 8.12. The summed E-state index contributed by atoms with van der Waals surface area (Å²) in [4.78, 5) is 36.4. The number of anilines is 1. The minimum absolute atomic E-state index is 0.0545. The number of hydrogen-bond acceptors (Lipinski definition) is 6. The highest BCUT2D eigenvalue weighted by Gasteiger charge is 2.46. The van der Waals surface area contributed by atoms with E-state index in [1.807, 2.05) is 25.1 Å². The molecule has 1 aromatic heterocycles. The maximum atomic E-state index is 13.8. The molecule has 13 heteroatoms. The third kappa shape index (κ3) is 6.28. The van der Waals surface area contributed by atoms with E-state index in [2.05, 4.69) is 9.97 Å². The van der Waals surface area contributed by atoms with Gasteiger partial charge in [-0.1, -0.05) is 29.8 Å². The third-order valence-corrected chi connectivity index (χ3v) is 8.76. The van der Waals surface area contributed by atoms with Crippen molar-refractivity contribution in [2.24, 2.45) is 0 Å². The lowest BCUT2D eigenvalue weighted by Crippen LogP contribution is -2.57. The van der Waals surface area contributed by atoms with E-state index in [9.17, 15) is 36.6 Å². The molecule has 2 saturated heterocycles. The maximum absolute atomic E-state index is 13.8. The first-order valence-electron chi connectivity index (χ1n) is 15.1. The summed E-state index contributed by atoms with van der Waals surface area (Å²) < 4.78 is 74.0. The molecule has 4 aromatic rings. The molecule has 0 spiro atoms. The van der Waals surface area contributed by atoms with Crippen molar-refractivity contribution in [1.29, 1.82) is 0 Å². The lowest BCUT2D eigenvalue weighted by Gasteiger charge is -2.38. The van der Waals surface area contributed by atoms with E-state index in [1.54, 1.807) is 32.0 Å². The molecule has 2 atom stereocenters. The number of carboxylic acids is 1. The number of alkyl halides is 5. The number of halogens is 5. The SMILES string of the molecule is Cc1cc([C@H]2OC(=O)N(Cc3nc(N4CC(F)(F)C4)ncc3-c3cc(-c4ccc(C(=O)O)cc4C)ccc3C)[C@H]2C)cc(C(F)(F)F)c1. The highest BCUT2D eigenvalue weighted by Crippen LogP contribution is 2.40. The molecule has 0 radical (unpaired) electrons. The van der Waals surface area contributed by atoms with Gasteiger partial charge in [0.15, 0.2) is 0 Å². The van der Waals surface area contributed by atoms with Crippen molar-refractivity contribution in [1.82, 2.24) is 14.9 Å². The number of carbonyl (C=O) groups excluding carboxylic acids is 1. The molecule has 2 fully saturated rings. The van der Waals surface area contributed by atoms with Crippen molar-refractivity contribution in [2.45, 2.75) is 58.5 Å². The molecular formula is C35H31F5N4O4. The van der Waals surface area contributed by atoms with Crippen molar-refractivity contribution in [2.75, 3.05) is 18.0 Å². The van der Waals surface area contributed by atoms with Gasteiger partial charge in [-0.2, -0.15) is 13.2 Å². The monoisotopic (exact) mass is 666 g/mol. The van der Waals surface area contributed by atoms with Crippen LogP contribution in [0.3, 0.4) is 0 Å². The summed E-state index contributed by atoms with van der Waals surface area (Å²) in [5.74, 6) is -3.87. The summed E-state index contributed by atoms with van der Waals surface area (Å²) in [6.07, 6.45) is -4.83. The van der Waals surface area contributed by atoms with Crippen LogP contribution in [0.2, 0.25) is 0 Å². The molecule has 0 aliphatic carbocycles. The Morgan fingerprint density at radius 3 is 2.35 bits per heavy atom. The van der Waals surface area contributed by atoms with Gasteiger partial charge in [0.25, 0.3) is 5.92 Å². The quantitative estimate of drug-likeness (QED) is 0.200. The lowest BCUT2D eigenvalue weighted by molar-refractivity contribution is -0.137. The number of aromatic nitrogens is 2. The molecule has 2 aliphatic rings. The summed E-state index contributed by atoms with van der Waals surface area (Å²) in [5, 5.41) is 9.39. The second-order valence-corrected chi connectivity index (χ2v) is 12.4. The van der Waals surface area contributed by atoms with Gasteiger partial charge in [0.05, 0.1) is 42.5 Å². The maximum Gasteiger partial charge on any atom is 0.416 e. The number of cyclic esters (lactones) is 1. The van der Waals surface area contributed by atoms with Crippen molar-refractivity contribution < 1.29 is 41.4 Å². The molecule has 2 aliphatic heterocycles. The van der Waals surface area contributed by atoms with E-state index in [-0.39, 0.29) is 23.6 Å². The van der Waals surface area contributed by atoms with Crippen LogP contribution in [0.5, 0.6) is 0 Å². The first kappa shape index (κ1) is 32.9. The number of carbonyl (C=O) groups is 2. The zero-order valence-corrected chi connectivity index (χ0v) is 26.4. The fraction of sp³-hybridized carbons (Fsp3) is 0.314. The van der Waals surface area contributed by atoms with E-state index < -0.39 is 55.0 Å². The van der Waals surface area contributed by atoms with Crippen LogP contribution >= 0.6 is 0 Å². The smallest absolute Gasteiger partial charge is 0.416 e. The third-order valence-electron chi connectivity index (χ3n) is 8.76. The van der Waals surface area contributed by atoms with Gasteiger partial charge in [-0.15, -0.1) is 0 Å². The fourth-order valence-electron chi connectivity index (χ4n) is 6.22. The van der Waals surface area contributed by atoms with Crippen LogP contribution < -0.4 is 4.90 Å². The van der Waals surface area contributed by atoms with Gasteiger partial charge < -0.3 is 14.7 Å². The largest absolute Gasteiger partial charge is 0.478 e. The van der Waals surface area contributed by atoms with Gasteiger partial charge >= 0.3 is 18.2 Å². The zero-order valence-electron chi connectivity index (χ0n) is 26.4. The molecule has 48 heavy (non-hydrogen) atoms. The summed E-state index contributed by atoms with van der Waals surface area (Å²) >= 11 is 0. The summed E-state index contributed by atoms with van der Waals surface area (Å²) in [5.41, 5.74) is 4.52. The molecule has 250 valence electrons. The molecule has 1 N–H and O–H groups in total. The van der Waals surface area contributed by atoms with Crippen LogP contribution in [0.4, 0.5) is 32.7 Å². The van der Waals surface area contributed by atoms with Crippen molar-refractivity contribution in [3.05, 3.63) is 99.9 Å². The molecule has 1 amide bonds. The van der Waals surface area contributed by atoms with Crippen LogP contribution in [-0.4, -0.2) is 57.1 Å². The predicted molar refractivity (Wildman–Crippen MR) is 167 cm³/mol.